The molecule has 0 unspecified atom stereocenters. The van der Waals surface area contributed by atoms with Crippen molar-refractivity contribution in [3.8, 4) is 0 Å². The Balaban J connectivity index is 1.99. The minimum atomic E-state index is -0.165. The smallest absolute Gasteiger partial charge is 0.194 e. The summed E-state index contributed by atoms with van der Waals surface area (Å²) in [5, 5.41) is 0. The van der Waals surface area contributed by atoms with Crippen LogP contribution < -0.4 is 0 Å². The van der Waals surface area contributed by atoms with E-state index in [4.69, 9.17) is 0 Å². The molecule has 2 aromatic rings. The van der Waals surface area contributed by atoms with Crippen LogP contribution >= 0.6 is 0 Å². The molecule has 0 aromatic heterocycles. The lowest BCUT2D eigenvalue weighted by molar-refractivity contribution is 0.0966. The van der Waals surface area contributed by atoms with Crippen LogP contribution in [-0.2, 0) is 6.42 Å². The molecule has 0 fully saturated rings. The van der Waals surface area contributed by atoms with Crippen molar-refractivity contribution in [3.63, 3.8) is 0 Å². The third-order valence-electron chi connectivity index (χ3n) is 4.30. The Hall–Kier alpha value is -2.55. The number of hydrogen-bond donors (Lipinski definition) is 0. The van der Waals surface area contributed by atoms with E-state index in [-0.39, 0.29) is 17.3 Å². The van der Waals surface area contributed by atoms with Crippen LogP contribution in [0.3, 0.4) is 0 Å². The van der Waals surface area contributed by atoms with Gasteiger partial charge >= 0.3 is 0 Å². The molecule has 0 radical (unpaired) electrons. The van der Waals surface area contributed by atoms with E-state index in [9.17, 15) is 14.4 Å². The second-order valence-electron chi connectivity index (χ2n) is 5.54. The topological polar surface area (TPSA) is 51.2 Å². The first-order valence-electron chi connectivity index (χ1n) is 7.05. The van der Waals surface area contributed by atoms with E-state index in [0.29, 0.717) is 34.2 Å². The molecule has 21 heavy (non-hydrogen) atoms. The summed E-state index contributed by atoms with van der Waals surface area (Å²) < 4.78 is 0. The van der Waals surface area contributed by atoms with Crippen LogP contribution in [0.1, 0.15) is 60.6 Å². The number of carbonyl (C=O) groups excluding carboxylic acids is 3. The van der Waals surface area contributed by atoms with Gasteiger partial charge in [-0.15, -0.1) is 0 Å². The van der Waals surface area contributed by atoms with Crippen LogP contribution in [0.15, 0.2) is 36.4 Å². The highest BCUT2D eigenvalue weighted by Gasteiger charge is 2.31. The zero-order valence-electron chi connectivity index (χ0n) is 11.3. The van der Waals surface area contributed by atoms with Crippen LogP contribution in [0, 0.1) is 0 Å². The van der Waals surface area contributed by atoms with Crippen molar-refractivity contribution in [1.82, 2.24) is 0 Å². The highest BCUT2D eigenvalue weighted by molar-refractivity contribution is 6.29. The second-order valence-corrected chi connectivity index (χ2v) is 5.54. The van der Waals surface area contributed by atoms with Crippen molar-refractivity contribution in [2.45, 2.75) is 19.3 Å². The molecule has 0 saturated carbocycles. The second kappa shape index (κ2) is 4.22. The van der Waals surface area contributed by atoms with Gasteiger partial charge in [-0.1, -0.05) is 24.3 Å². The quantitative estimate of drug-likeness (QED) is 0.634. The summed E-state index contributed by atoms with van der Waals surface area (Å²) in [7, 11) is 0. The van der Waals surface area contributed by atoms with Crippen LogP contribution in [-0.4, -0.2) is 17.3 Å². The number of carbonyl (C=O) groups is 3. The average molecular weight is 276 g/mol. The number of Topliss-reactive ketones (excluding diaryl/α,β-unsaturated/α-hetero) is 1. The van der Waals surface area contributed by atoms with E-state index >= 15 is 0 Å². The Kier molecular flexibility index (Phi) is 2.45. The molecule has 3 heteroatoms. The van der Waals surface area contributed by atoms with Gasteiger partial charge in [0.2, 0.25) is 0 Å². The third kappa shape index (κ3) is 1.64. The van der Waals surface area contributed by atoms with Crippen LogP contribution in [0.4, 0.5) is 0 Å². The Bertz CT molecular complexity index is 830. The molecule has 0 spiro atoms. The molecule has 0 atom stereocenters. The molecule has 2 aromatic carbocycles. The fourth-order valence-electron chi connectivity index (χ4n) is 3.23. The van der Waals surface area contributed by atoms with E-state index < -0.39 is 0 Å². The molecule has 4 rings (SSSR count). The van der Waals surface area contributed by atoms with Crippen LogP contribution in [0.25, 0.3) is 0 Å². The lowest BCUT2D eigenvalue weighted by Gasteiger charge is -2.22. The van der Waals surface area contributed by atoms with E-state index in [1.807, 2.05) is 0 Å². The Labute approximate surface area is 121 Å². The standard InChI is InChI=1S/C18H12O3/c19-16-7-3-4-10-8-14-15(9-13(10)16)18(21)12-6-2-1-5-11(12)17(14)20/h1-2,5-6,8-9H,3-4,7H2. The van der Waals surface area contributed by atoms with Gasteiger partial charge in [-0.2, -0.15) is 0 Å². The van der Waals surface area contributed by atoms with E-state index in [0.717, 1.165) is 18.4 Å². The van der Waals surface area contributed by atoms with E-state index in [1.54, 1.807) is 36.4 Å². The lowest BCUT2D eigenvalue weighted by atomic mass is 9.79. The Morgan fingerprint density at radius 2 is 1.29 bits per heavy atom. The Morgan fingerprint density at radius 1 is 0.667 bits per heavy atom. The van der Waals surface area contributed by atoms with Gasteiger partial charge < -0.3 is 0 Å². The van der Waals surface area contributed by atoms with E-state index in [2.05, 4.69) is 0 Å². The first-order chi connectivity index (χ1) is 10.2. The molecule has 0 N–H and O–H groups in total. The van der Waals surface area contributed by atoms with Crippen molar-refractivity contribution in [1.29, 1.82) is 0 Å². The molecule has 102 valence electrons. The fraction of sp³-hybridized carbons (Fsp3) is 0.167. The summed E-state index contributed by atoms with van der Waals surface area (Å²) in [6, 6.07) is 10.2. The van der Waals surface area contributed by atoms with Crippen molar-refractivity contribution in [2.75, 3.05) is 0 Å². The highest BCUT2D eigenvalue weighted by Crippen LogP contribution is 2.32. The Morgan fingerprint density at radius 3 is 1.95 bits per heavy atom. The minimum absolute atomic E-state index is 0.0677. The fourth-order valence-corrected chi connectivity index (χ4v) is 3.23. The maximum atomic E-state index is 12.6. The van der Waals surface area contributed by atoms with Crippen molar-refractivity contribution in [2.24, 2.45) is 0 Å². The normalized spacial score (nSPS) is 16.3. The molecule has 0 amide bonds. The van der Waals surface area contributed by atoms with Crippen molar-refractivity contribution < 1.29 is 14.4 Å². The summed E-state index contributed by atoms with van der Waals surface area (Å²) in [4.78, 5) is 37.2. The maximum Gasteiger partial charge on any atom is 0.194 e. The first kappa shape index (κ1) is 12.2. The third-order valence-corrected chi connectivity index (χ3v) is 4.30. The number of benzene rings is 2. The predicted octanol–water partition coefficient (Wildman–Crippen LogP) is 2.98. The van der Waals surface area contributed by atoms with Gasteiger partial charge in [-0.05, 0) is 30.5 Å². The number of aryl methyl sites for hydroxylation is 1. The van der Waals surface area contributed by atoms with Gasteiger partial charge in [-0.3, -0.25) is 14.4 Å². The van der Waals surface area contributed by atoms with Gasteiger partial charge in [0.15, 0.2) is 17.3 Å². The number of fused-ring (bicyclic) bond motifs is 3. The number of ketones is 3. The summed E-state index contributed by atoms with van der Waals surface area (Å²) in [5.74, 6) is -0.222. The summed E-state index contributed by atoms with van der Waals surface area (Å²) in [6.07, 6.45) is 2.12. The first-order valence-corrected chi connectivity index (χ1v) is 7.05. The predicted molar refractivity (Wildman–Crippen MR) is 77.0 cm³/mol. The molecule has 0 heterocycles. The van der Waals surface area contributed by atoms with Crippen molar-refractivity contribution >= 4 is 17.3 Å². The average Bonchev–Trinajstić information content (AvgIpc) is 2.52. The molecule has 3 nitrogen and oxygen atoms in total. The van der Waals surface area contributed by atoms with Gasteiger partial charge in [0.05, 0.1) is 0 Å². The van der Waals surface area contributed by atoms with Gasteiger partial charge in [0, 0.05) is 34.2 Å². The maximum absolute atomic E-state index is 12.6. The molecule has 0 aliphatic heterocycles. The largest absolute Gasteiger partial charge is 0.294 e. The zero-order chi connectivity index (χ0) is 14.6. The molecular formula is C18H12O3. The summed E-state index contributed by atoms with van der Waals surface area (Å²) in [5.41, 5.74) is 3.20. The lowest BCUT2D eigenvalue weighted by Crippen LogP contribution is -2.23. The highest BCUT2D eigenvalue weighted by atomic mass is 16.1. The summed E-state index contributed by atoms with van der Waals surface area (Å²) in [6.45, 7) is 0. The molecule has 2 aliphatic rings. The monoisotopic (exact) mass is 276 g/mol. The van der Waals surface area contributed by atoms with Crippen LogP contribution in [0.2, 0.25) is 0 Å². The molecule has 2 aliphatic carbocycles. The van der Waals surface area contributed by atoms with Crippen LogP contribution in [0.5, 0.6) is 0 Å². The number of hydrogen-bond acceptors (Lipinski definition) is 3. The SMILES string of the molecule is O=C1CCCc2cc3c(cc21)C(=O)c1ccccc1C3=O. The van der Waals surface area contributed by atoms with E-state index in [1.165, 1.54) is 0 Å². The summed E-state index contributed by atoms with van der Waals surface area (Å²) >= 11 is 0. The van der Waals surface area contributed by atoms with Gasteiger partial charge in [0.25, 0.3) is 0 Å². The van der Waals surface area contributed by atoms with Crippen molar-refractivity contribution in [3.05, 3.63) is 69.8 Å². The number of rotatable bonds is 0. The van der Waals surface area contributed by atoms with Gasteiger partial charge in [0.1, 0.15) is 0 Å². The molecule has 0 bridgehead atoms. The molecular weight excluding hydrogens is 264 g/mol. The molecule has 0 saturated heterocycles. The minimum Gasteiger partial charge on any atom is -0.294 e. The van der Waals surface area contributed by atoms with Gasteiger partial charge in [-0.25, -0.2) is 0 Å². The zero-order valence-corrected chi connectivity index (χ0v) is 11.3.